The highest BCUT2D eigenvalue weighted by Gasteiger charge is 2.18. The fraction of sp³-hybridized carbons (Fsp3) is 0.167. The first-order chi connectivity index (χ1) is 12.8. The van der Waals surface area contributed by atoms with Gasteiger partial charge in [0.2, 0.25) is 5.91 Å². The van der Waals surface area contributed by atoms with E-state index >= 15 is 0 Å². The van der Waals surface area contributed by atoms with E-state index in [1.165, 1.54) is 42.2 Å². The summed E-state index contributed by atoms with van der Waals surface area (Å²) < 4.78 is 1.36. The average Bonchev–Trinajstić information content (AvgIpc) is 3.03. The van der Waals surface area contributed by atoms with E-state index in [1.807, 2.05) is 0 Å². The van der Waals surface area contributed by atoms with Gasteiger partial charge in [0.1, 0.15) is 0 Å². The topological polar surface area (TPSA) is 102 Å². The highest BCUT2D eigenvalue weighted by Crippen LogP contribution is 2.34. The molecule has 1 aromatic heterocycles. The third-order valence-electron chi connectivity index (χ3n) is 3.75. The molecule has 1 N–H and O–H groups in total. The van der Waals surface area contributed by atoms with Gasteiger partial charge in [0.05, 0.1) is 20.4 Å². The number of nitrogens with one attached hydrogen (secondary N) is 1. The van der Waals surface area contributed by atoms with Gasteiger partial charge in [-0.1, -0.05) is 23.9 Å². The smallest absolute Gasteiger partial charge is 0.270 e. The largest absolute Gasteiger partial charge is 0.325 e. The molecule has 27 heavy (non-hydrogen) atoms. The SMILES string of the molecule is CC(=O)c1cccc(NC(=O)[C@@H](C)Sc2nc3ccc([N+](=O)[O-])cc3s2)c1. The summed E-state index contributed by atoms with van der Waals surface area (Å²) in [6, 6.07) is 11.3. The monoisotopic (exact) mass is 401 g/mol. The van der Waals surface area contributed by atoms with Crippen LogP contribution in [0.25, 0.3) is 10.2 Å². The van der Waals surface area contributed by atoms with Crippen molar-refractivity contribution in [3.05, 3.63) is 58.1 Å². The Morgan fingerprint density at radius 2 is 2.04 bits per heavy atom. The van der Waals surface area contributed by atoms with E-state index in [1.54, 1.807) is 37.3 Å². The summed E-state index contributed by atoms with van der Waals surface area (Å²) in [5, 5.41) is 13.2. The van der Waals surface area contributed by atoms with Gasteiger partial charge in [-0.15, -0.1) is 11.3 Å². The Morgan fingerprint density at radius 3 is 2.74 bits per heavy atom. The van der Waals surface area contributed by atoms with Gasteiger partial charge < -0.3 is 5.32 Å². The van der Waals surface area contributed by atoms with Crippen molar-refractivity contribution < 1.29 is 14.5 Å². The normalized spacial score (nSPS) is 11.9. The zero-order valence-corrected chi connectivity index (χ0v) is 16.1. The van der Waals surface area contributed by atoms with Crippen molar-refractivity contribution in [2.45, 2.75) is 23.4 Å². The molecule has 0 unspecified atom stereocenters. The number of aromatic nitrogens is 1. The number of nitro groups is 1. The van der Waals surface area contributed by atoms with E-state index in [9.17, 15) is 19.7 Å². The van der Waals surface area contributed by atoms with E-state index in [4.69, 9.17) is 0 Å². The van der Waals surface area contributed by atoms with Crippen molar-refractivity contribution in [1.29, 1.82) is 0 Å². The van der Waals surface area contributed by atoms with Gasteiger partial charge >= 0.3 is 0 Å². The second kappa shape index (κ2) is 7.85. The van der Waals surface area contributed by atoms with Gasteiger partial charge in [0.25, 0.3) is 5.69 Å². The molecule has 3 rings (SSSR count). The Morgan fingerprint density at radius 1 is 1.26 bits per heavy atom. The first-order valence-corrected chi connectivity index (χ1v) is 9.66. The number of hydrogen-bond donors (Lipinski definition) is 1. The summed E-state index contributed by atoms with van der Waals surface area (Å²) in [4.78, 5) is 38.7. The van der Waals surface area contributed by atoms with Crippen molar-refractivity contribution in [2.24, 2.45) is 0 Å². The van der Waals surface area contributed by atoms with Gasteiger partial charge in [-0.3, -0.25) is 19.7 Å². The lowest BCUT2D eigenvalue weighted by Gasteiger charge is -2.11. The number of carbonyl (C=O) groups excluding carboxylic acids is 2. The third kappa shape index (κ3) is 4.50. The molecule has 0 aliphatic rings. The number of amides is 1. The molecule has 9 heteroatoms. The van der Waals surface area contributed by atoms with Gasteiger partial charge in [0.15, 0.2) is 10.1 Å². The predicted molar refractivity (Wildman–Crippen MR) is 107 cm³/mol. The Hall–Kier alpha value is -2.78. The number of rotatable bonds is 6. The molecular formula is C18H15N3O4S2. The number of carbonyl (C=O) groups is 2. The highest BCUT2D eigenvalue weighted by atomic mass is 32.2. The summed E-state index contributed by atoms with van der Waals surface area (Å²) in [7, 11) is 0. The Balaban J connectivity index is 1.71. The first-order valence-electron chi connectivity index (χ1n) is 7.97. The quantitative estimate of drug-likeness (QED) is 0.282. The molecule has 0 saturated heterocycles. The van der Waals surface area contributed by atoms with Crippen LogP contribution in [0, 0.1) is 10.1 Å². The van der Waals surface area contributed by atoms with Crippen LogP contribution in [0.4, 0.5) is 11.4 Å². The first kappa shape index (κ1) is 19.0. The molecule has 0 bridgehead atoms. The lowest BCUT2D eigenvalue weighted by atomic mass is 10.1. The van der Waals surface area contributed by atoms with Gasteiger partial charge in [-0.2, -0.15) is 0 Å². The molecule has 138 valence electrons. The molecule has 0 aliphatic carbocycles. The van der Waals surface area contributed by atoms with Crippen LogP contribution in [-0.4, -0.2) is 26.8 Å². The van der Waals surface area contributed by atoms with E-state index < -0.39 is 10.2 Å². The standard InChI is InChI=1S/C18H15N3O4S2/c1-10(22)12-4-3-5-13(8-12)19-17(23)11(2)26-18-20-15-7-6-14(21(24)25)9-16(15)27-18/h3-9,11H,1-2H3,(H,19,23)/t11-/m1/s1. The maximum absolute atomic E-state index is 12.4. The maximum Gasteiger partial charge on any atom is 0.270 e. The molecule has 0 fully saturated rings. The van der Waals surface area contributed by atoms with Crippen molar-refractivity contribution in [2.75, 3.05) is 5.32 Å². The van der Waals surface area contributed by atoms with Gasteiger partial charge in [-0.05, 0) is 32.0 Å². The second-order valence-corrected chi connectivity index (χ2v) is 8.39. The number of non-ortho nitro benzene ring substituents is 1. The molecule has 3 aromatic rings. The average molecular weight is 401 g/mol. The summed E-state index contributed by atoms with van der Waals surface area (Å²) in [6.07, 6.45) is 0. The lowest BCUT2D eigenvalue weighted by molar-refractivity contribution is -0.384. The maximum atomic E-state index is 12.4. The minimum absolute atomic E-state index is 0.0128. The van der Waals surface area contributed by atoms with Crippen molar-refractivity contribution in [3.8, 4) is 0 Å². The summed E-state index contributed by atoms with van der Waals surface area (Å²) >= 11 is 2.59. The molecule has 1 amide bonds. The fourth-order valence-corrected chi connectivity index (χ4v) is 4.57. The van der Waals surface area contributed by atoms with Crippen LogP contribution >= 0.6 is 23.1 Å². The Kier molecular flexibility index (Phi) is 5.52. The van der Waals surface area contributed by atoms with E-state index in [2.05, 4.69) is 10.3 Å². The number of hydrogen-bond acceptors (Lipinski definition) is 7. The molecule has 2 aromatic carbocycles. The van der Waals surface area contributed by atoms with E-state index in [0.29, 0.717) is 25.8 Å². The van der Waals surface area contributed by atoms with Crippen LogP contribution in [0.15, 0.2) is 46.8 Å². The molecule has 0 aliphatic heterocycles. The van der Waals surface area contributed by atoms with E-state index in [0.717, 1.165) is 0 Å². The second-order valence-electron chi connectivity index (χ2n) is 5.78. The summed E-state index contributed by atoms with van der Waals surface area (Å²) in [5.74, 6) is -0.289. The number of nitro benzene ring substituents is 1. The van der Waals surface area contributed by atoms with Gasteiger partial charge in [0, 0.05) is 23.4 Å². The molecular weight excluding hydrogens is 386 g/mol. The van der Waals surface area contributed by atoms with Crippen LogP contribution in [0.1, 0.15) is 24.2 Å². The Labute approximate surface area is 163 Å². The number of thioether (sulfide) groups is 1. The van der Waals surface area contributed by atoms with Crippen LogP contribution in [0.2, 0.25) is 0 Å². The van der Waals surface area contributed by atoms with Crippen molar-refractivity contribution >= 4 is 56.4 Å². The number of benzene rings is 2. The number of nitrogens with zero attached hydrogens (tertiary/aromatic N) is 2. The van der Waals surface area contributed by atoms with Crippen molar-refractivity contribution in [1.82, 2.24) is 4.98 Å². The number of thiazole rings is 1. The van der Waals surface area contributed by atoms with Crippen LogP contribution in [0.5, 0.6) is 0 Å². The molecule has 1 heterocycles. The number of ketones is 1. The minimum atomic E-state index is -0.447. The van der Waals surface area contributed by atoms with Gasteiger partial charge in [-0.25, -0.2) is 4.98 Å². The van der Waals surface area contributed by atoms with Crippen LogP contribution in [-0.2, 0) is 4.79 Å². The number of Topliss-reactive ketones (excluding diaryl/α,β-unsaturated/α-hetero) is 1. The minimum Gasteiger partial charge on any atom is -0.325 e. The molecule has 0 spiro atoms. The van der Waals surface area contributed by atoms with Crippen LogP contribution < -0.4 is 5.32 Å². The van der Waals surface area contributed by atoms with E-state index in [-0.39, 0.29) is 17.4 Å². The Bertz CT molecular complexity index is 1050. The van der Waals surface area contributed by atoms with Crippen LogP contribution in [0.3, 0.4) is 0 Å². The fourth-order valence-electron chi connectivity index (χ4n) is 2.32. The zero-order chi connectivity index (χ0) is 19.6. The van der Waals surface area contributed by atoms with Crippen molar-refractivity contribution in [3.63, 3.8) is 0 Å². The summed E-state index contributed by atoms with van der Waals surface area (Å²) in [6.45, 7) is 3.22. The molecule has 7 nitrogen and oxygen atoms in total. The molecule has 1 atom stereocenters. The number of fused-ring (bicyclic) bond motifs is 1. The lowest BCUT2D eigenvalue weighted by Crippen LogP contribution is -2.22. The third-order valence-corrected chi connectivity index (χ3v) is 5.96. The molecule has 0 radical (unpaired) electrons. The zero-order valence-electron chi connectivity index (χ0n) is 14.5. The number of anilines is 1. The highest BCUT2D eigenvalue weighted by molar-refractivity contribution is 8.02. The predicted octanol–water partition coefficient (Wildman–Crippen LogP) is 4.53. The molecule has 0 saturated carbocycles. The summed E-state index contributed by atoms with van der Waals surface area (Å²) in [5.41, 5.74) is 1.76.